The van der Waals surface area contributed by atoms with E-state index in [0.717, 1.165) is 16.7 Å². The average molecular weight is 570 g/mol. The number of para-hydroxylation sites is 1. The predicted molar refractivity (Wildman–Crippen MR) is 159 cm³/mol. The van der Waals surface area contributed by atoms with Gasteiger partial charge in [0.1, 0.15) is 5.82 Å². The van der Waals surface area contributed by atoms with Crippen LogP contribution in [0.1, 0.15) is 53.2 Å². The van der Waals surface area contributed by atoms with Crippen LogP contribution in [0.25, 0.3) is 0 Å². The second-order valence-electron chi connectivity index (χ2n) is 10.8. The Morgan fingerprint density at radius 2 is 1.67 bits per heavy atom. The standard InChI is InChI=1S/C34H36FN3O4/c1-4-42-34(41)32-24(3)38(31(39)21-28(32)26-11-7-9-23(2)19-26)22-25-10-8-12-27(20-25)33(40)37-17-15-36(16-18-37)30-14-6-5-13-29(30)35/h5-14,19-20,28H,4,15-18,21-22H2,1-3H3. The highest BCUT2D eigenvalue weighted by Crippen LogP contribution is 2.38. The van der Waals surface area contributed by atoms with E-state index in [-0.39, 0.29) is 43.1 Å². The molecule has 0 spiro atoms. The van der Waals surface area contributed by atoms with Crippen LogP contribution >= 0.6 is 0 Å². The van der Waals surface area contributed by atoms with Crippen LogP contribution in [0.15, 0.2) is 84.1 Å². The van der Waals surface area contributed by atoms with E-state index in [1.54, 1.807) is 41.8 Å². The first-order chi connectivity index (χ1) is 20.3. The number of carbonyl (C=O) groups is 3. The Morgan fingerprint density at radius 1 is 0.929 bits per heavy atom. The zero-order valence-corrected chi connectivity index (χ0v) is 24.3. The molecule has 0 N–H and O–H groups in total. The minimum absolute atomic E-state index is 0.0898. The molecule has 3 aromatic carbocycles. The lowest BCUT2D eigenvalue weighted by molar-refractivity contribution is -0.140. The van der Waals surface area contributed by atoms with Crippen LogP contribution < -0.4 is 4.90 Å². The Labute approximate surface area is 246 Å². The van der Waals surface area contributed by atoms with Gasteiger partial charge in [0, 0.05) is 49.8 Å². The number of allylic oxidation sites excluding steroid dienone is 1. The fourth-order valence-electron chi connectivity index (χ4n) is 5.87. The maximum atomic E-state index is 14.2. The molecule has 0 aliphatic carbocycles. The molecule has 0 saturated carbocycles. The van der Waals surface area contributed by atoms with Crippen molar-refractivity contribution in [1.29, 1.82) is 0 Å². The zero-order valence-electron chi connectivity index (χ0n) is 24.3. The quantitative estimate of drug-likeness (QED) is 0.354. The molecule has 1 atom stereocenters. The van der Waals surface area contributed by atoms with Crippen LogP contribution in [-0.4, -0.2) is 60.4 Å². The van der Waals surface area contributed by atoms with E-state index >= 15 is 0 Å². The molecule has 2 aliphatic rings. The highest BCUT2D eigenvalue weighted by molar-refractivity contribution is 5.96. The SMILES string of the molecule is CCOC(=O)C1=C(C)N(Cc2cccc(C(=O)N3CCN(c4ccccc4F)CC3)c2)C(=O)CC1c1cccc(C)c1. The van der Waals surface area contributed by atoms with Gasteiger partial charge in [-0.05, 0) is 56.2 Å². The van der Waals surface area contributed by atoms with Crippen molar-refractivity contribution in [2.45, 2.75) is 39.7 Å². The lowest BCUT2D eigenvalue weighted by atomic mass is 9.83. The van der Waals surface area contributed by atoms with Gasteiger partial charge in [0.05, 0.1) is 24.4 Å². The third kappa shape index (κ3) is 6.08. The molecule has 7 nitrogen and oxygen atoms in total. The molecular formula is C34H36FN3O4. The van der Waals surface area contributed by atoms with Gasteiger partial charge in [-0.25, -0.2) is 9.18 Å². The number of hydrogen-bond donors (Lipinski definition) is 0. The number of amides is 2. The largest absolute Gasteiger partial charge is 0.463 e. The van der Waals surface area contributed by atoms with Crippen LogP contribution in [-0.2, 0) is 20.9 Å². The Morgan fingerprint density at radius 3 is 2.38 bits per heavy atom. The van der Waals surface area contributed by atoms with Crippen LogP contribution in [0.4, 0.5) is 10.1 Å². The van der Waals surface area contributed by atoms with Crippen LogP contribution in [0.5, 0.6) is 0 Å². The van der Waals surface area contributed by atoms with Gasteiger partial charge in [0.25, 0.3) is 5.91 Å². The van der Waals surface area contributed by atoms with Gasteiger partial charge < -0.3 is 19.4 Å². The maximum absolute atomic E-state index is 14.2. The number of anilines is 1. The summed E-state index contributed by atoms with van der Waals surface area (Å²) in [6.07, 6.45) is 0.153. The first kappa shape index (κ1) is 29.0. The second-order valence-corrected chi connectivity index (χ2v) is 10.8. The monoisotopic (exact) mass is 569 g/mol. The summed E-state index contributed by atoms with van der Waals surface area (Å²) in [5, 5.41) is 0. The van der Waals surface area contributed by atoms with E-state index in [4.69, 9.17) is 4.74 Å². The zero-order chi connectivity index (χ0) is 29.8. The van der Waals surface area contributed by atoms with Crippen molar-refractivity contribution in [3.05, 3.63) is 112 Å². The number of rotatable bonds is 7. The number of piperazine rings is 1. The van der Waals surface area contributed by atoms with Gasteiger partial charge in [0.2, 0.25) is 5.91 Å². The third-order valence-electron chi connectivity index (χ3n) is 8.04. The summed E-state index contributed by atoms with van der Waals surface area (Å²) in [4.78, 5) is 45.4. The number of esters is 1. The molecule has 2 heterocycles. The number of nitrogens with zero attached hydrogens (tertiary/aromatic N) is 3. The molecule has 3 aromatic rings. The van der Waals surface area contributed by atoms with Crippen LogP contribution in [0.2, 0.25) is 0 Å². The predicted octanol–water partition coefficient (Wildman–Crippen LogP) is 5.45. The van der Waals surface area contributed by atoms with Gasteiger partial charge >= 0.3 is 5.97 Å². The molecule has 5 rings (SSSR count). The number of halogens is 1. The Bertz CT molecular complexity index is 1530. The van der Waals surface area contributed by atoms with Crippen molar-refractivity contribution < 1.29 is 23.5 Å². The lowest BCUT2D eigenvalue weighted by Gasteiger charge is -2.36. The summed E-state index contributed by atoms with van der Waals surface area (Å²) >= 11 is 0. The summed E-state index contributed by atoms with van der Waals surface area (Å²) in [5.74, 6) is -1.26. The molecule has 218 valence electrons. The van der Waals surface area contributed by atoms with Crippen molar-refractivity contribution in [2.24, 2.45) is 0 Å². The number of carbonyl (C=O) groups excluding carboxylic acids is 3. The van der Waals surface area contributed by atoms with Gasteiger partial charge in [-0.15, -0.1) is 0 Å². The Balaban J connectivity index is 1.34. The van der Waals surface area contributed by atoms with E-state index in [2.05, 4.69) is 0 Å². The molecule has 1 saturated heterocycles. The summed E-state index contributed by atoms with van der Waals surface area (Å²) in [6.45, 7) is 8.05. The van der Waals surface area contributed by atoms with E-state index in [9.17, 15) is 18.8 Å². The van der Waals surface area contributed by atoms with Gasteiger partial charge in [0.15, 0.2) is 0 Å². The fourth-order valence-corrected chi connectivity index (χ4v) is 5.87. The number of benzene rings is 3. The van der Waals surface area contributed by atoms with Gasteiger partial charge in [-0.2, -0.15) is 0 Å². The lowest BCUT2D eigenvalue weighted by Crippen LogP contribution is -2.49. The molecular weight excluding hydrogens is 533 g/mol. The first-order valence-corrected chi connectivity index (χ1v) is 14.4. The van der Waals surface area contributed by atoms with Crippen molar-refractivity contribution in [3.8, 4) is 0 Å². The van der Waals surface area contributed by atoms with E-state index in [1.807, 2.05) is 60.4 Å². The molecule has 42 heavy (non-hydrogen) atoms. The summed E-state index contributed by atoms with van der Waals surface area (Å²) in [6, 6.07) is 21.8. The molecule has 2 amide bonds. The molecule has 8 heteroatoms. The summed E-state index contributed by atoms with van der Waals surface area (Å²) in [5.41, 5.74) is 4.88. The number of ether oxygens (including phenoxy) is 1. The van der Waals surface area contributed by atoms with Crippen molar-refractivity contribution in [3.63, 3.8) is 0 Å². The van der Waals surface area contributed by atoms with E-state index in [0.29, 0.717) is 48.7 Å². The smallest absolute Gasteiger partial charge is 0.336 e. The number of aryl methyl sites for hydroxylation is 1. The van der Waals surface area contributed by atoms with Gasteiger partial charge in [-0.3, -0.25) is 9.59 Å². The van der Waals surface area contributed by atoms with E-state index < -0.39 is 5.97 Å². The number of hydrogen-bond acceptors (Lipinski definition) is 5. The minimum atomic E-state index is -0.419. The summed E-state index contributed by atoms with van der Waals surface area (Å²) < 4.78 is 19.7. The normalized spacial score (nSPS) is 17.5. The maximum Gasteiger partial charge on any atom is 0.336 e. The minimum Gasteiger partial charge on any atom is -0.463 e. The van der Waals surface area contributed by atoms with Crippen molar-refractivity contribution >= 4 is 23.5 Å². The molecule has 0 bridgehead atoms. The summed E-state index contributed by atoms with van der Waals surface area (Å²) in [7, 11) is 0. The first-order valence-electron chi connectivity index (χ1n) is 14.4. The van der Waals surface area contributed by atoms with Crippen LogP contribution in [0, 0.1) is 12.7 Å². The second kappa shape index (κ2) is 12.6. The molecule has 1 fully saturated rings. The molecule has 1 unspecified atom stereocenters. The fraction of sp³-hybridized carbons (Fsp3) is 0.324. The van der Waals surface area contributed by atoms with Crippen molar-refractivity contribution in [1.82, 2.24) is 9.80 Å². The third-order valence-corrected chi connectivity index (χ3v) is 8.04. The average Bonchev–Trinajstić information content (AvgIpc) is 2.99. The Hall–Kier alpha value is -4.46. The molecule has 0 radical (unpaired) electrons. The topological polar surface area (TPSA) is 70.2 Å². The molecule has 2 aliphatic heterocycles. The highest BCUT2D eigenvalue weighted by atomic mass is 19.1. The van der Waals surface area contributed by atoms with Gasteiger partial charge in [-0.1, -0.05) is 54.1 Å². The Kier molecular flexibility index (Phi) is 8.71. The molecule has 0 aromatic heterocycles. The van der Waals surface area contributed by atoms with Crippen molar-refractivity contribution in [2.75, 3.05) is 37.7 Å². The van der Waals surface area contributed by atoms with Crippen LogP contribution in [0.3, 0.4) is 0 Å². The van der Waals surface area contributed by atoms with E-state index in [1.165, 1.54) is 6.07 Å². The highest BCUT2D eigenvalue weighted by Gasteiger charge is 2.37.